The average Bonchev–Trinajstić information content (AvgIpc) is 3.28. The molecule has 0 saturated carbocycles. The molecule has 3 heterocycles. The van der Waals surface area contributed by atoms with Crippen LogP contribution in [0.15, 0.2) is 42.5 Å². The molecule has 3 amide bonds. The number of benzene rings is 2. The van der Waals surface area contributed by atoms with Crippen molar-refractivity contribution in [2.24, 2.45) is 0 Å². The predicted molar refractivity (Wildman–Crippen MR) is 147 cm³/mol. The van der Waals surface area contributed by atoms with Crippen LogP contribution in [0.1, 0.15) is 54.1 Å². The van der Waals surface area contributed by atoms with Crippen molar-refractivity contribution in [2.45, 2.75) is 51.8 Å². The Kier molecular flexibility index (Phi) is 8.78. The van der Waals surface area contributed by atoms with E-state index in [9.17, 15) is 14.4 Å². The Bertz CT molecular complexity index is 1180. The highest BCUT2D eigenvalue weighted by atomic mass is 16.5. The monoisotopic (exact) mass is 534 g/mol. The highest BCUT2D eigenvalue weighted by molar-refractivity contribution is 6.05. The largest absolute Gasteiger partial charge is 0.492 e. The van der Waals surface area contributed by atoms with Gasteiger partial charge in [0.15, 0.2) is 0 Å². The molecule has 0 aromatic heterocycles. The fourth-order valence-corrected chi connectivity index (χ4v) is 5.45. The maximum Gasteiger partial charge on any atom is 0.255 e. The third-order valence-electron chi connectivity index (χ3n) is 7.83. The van der Waals surface area contributed by atoms with Crippen LogP contribution in [0.25, 0.3) is 0 Å². The van der Waals surface area contributed by atoms with Crippen molar-refractivity contribution in [3.05, 3.63) is 59.2 Å². The second-order valence-electron chi connectivity index (χ2n) is 10.5. The van der Waals surface area contributed by atoms with Gasteiger partial charge in [-0.25, -0.2) is 0 Å². The van der Waals surface area contributed by atoms with Gasteiger partial charge in [0.05, 0.1) is 6.54 Å². The van der Waals surface area contributed by atoms with E-state index in [1.54, 1.807) is 12.1 Å². The van der Waals surface area contributed by atoms with Crippen molar-refractivity contribution in [2.75, 3.05) is 45.9 Å². The van der Waals surface area contributed by atoms with Crippen molar-refractivity contribution in [3.63, 3.8) is 0 Å². The zero-order valence-corrected chi connectivity index (χ0v) is 22.7. The van der Waals surface area contributed by atoms with Gasteiger partial charge in [0.2, 0.25) is 11.8 Å². The molecule has 2 aromatic carbocycles. The molecule has 5 rings (SSSR count). The molecule has 0 radical (unpaired) electrons. The first-order chi connectivity index (χ1) is 19.0. The summed E-state index contributed by atoms with van der Waals surface area (Å²) in [6, 6.07) is 12.7. The molecule has 3 aliphatic rings. The smallest absolute Gasteiger partial charge is 0.255 e. The Morgan fingerprint density at radius 2 is 1.67 bits per heavy atom. The summed E-state index contributed by atoms with van der Waals surface area (Å²) < 4.78 is 12.1. The Morgan fingerprint density at radius 3 is 2.38 bits per heavy atom. The van der Waals surface area contributed by atoms with Gasteiger partial charge in [0.25, 0.3) is 5.91 Å². The molecule has 0 aliphatic carbocycles. The van der Waals surface area contributed by atoms with Gasteiger partial charge in [-0.1, -0.05) is 31.5 Å². The molecule has 9 nitrogen and oxygen atoms in total. The van der Waals surface area contributed by atoms with E-state index in [2.05, 4.69) is 22.0 Å². The van der Waals surface area contributed by atoms with Crippen molar-refractivity contribution in [1.82, 2.24) is 20.0 Å². The molecule has 0 spiro atoms. The Hall–Kier alpha value is -3.43. The molecular weight excluding hydrogens is 496 g/mol. The lowest BCUT2D eigenvalue weighted by Crippen LogP contribution is -2.52. The number of nitrogens with one attached hydrogen (secondary N) is 1. The minimum Gasteiger partial charge on any atom is -0.492 e. The second kappa shape index (κ2) is 12.6. The predicted octanol–water partition coefficient (Wildman–Crippen LogP) is 2.82. The van der Waals surface area contributed by atoms with Gasteiger partial charge in [-0.05, 0) is 49.2 Å². The topological polar surface area (TPSA) is 91.4 Å². The summed E-state index contributed by atoms with van der Waals surface area (Å²) in [6.07, 6.45) is 3.10. The van der Waals surface area contributed by atoms with Crippen LogP contribution < -0.4 is 14.8 Å². The Labute approximate surface area is 230 Å². The van der Waals surface area contributed by atoms with Crippen molar-refractivity contribution >= 4 is 17.7 Å². The SMILES string of the molecule is CCCCN1CCN(CCOc2ccc(COc3cccc4c3CN(C3CCC(=O)NC3=O)C4=O)cc2)CC1. The van der Waals surface area contributed by atoms with Gasteiger partial charge in [-0.2, -0.15) is 0 Å². The van der Waals surface area contributed by atoms with E-state index in [0.29, 0.717) is 30.9 Å². The average molecular weight is 535 g/mol. The highest BCUT2D eigenvalue weighted by Crippen LogP contribution is 2.34. The molecule has 9 heteroatoms. The van der Waals surface area contributed by atoms with E-state index in [4.69, 9.17) is 9.47 Å². The van der Waals surface area contributed by atoms with Crippen LogP contribution in [-0.4, -0.2) is 84.3 Å². The molecule has 1 unspecified atom stereocenters. The number of ether oxygens (including phenoxy) is 2. The minimum atomic E-state index is -0.640. The zero-order valence-electron chi connectivity index (χ0n) is 22.7. The molecule has 2 fully saturated rings. The Balaban J connectivity index is 1.09. The van der Waals surface area contributed by atoms with Crippen LogP contribution in [0.4, 0.5) is 0 Å². The third kappa shape index (κ3) is 6.59. The molecule has 2 saturated heterocycles. The van der Waals surface area contributed by atoms with E-state index < -0.39 is 11.9 Å². The summed E-state index contributed by atoms with van der Waals surface area (Å²) in [5.74, 6) is 0.557. The molecule has 39 heavy (non-hydrogen) atoms. The molecule has 208 valence electrons. The first-order valence-corrected chi connectivity index (χ1v) is 14.1. The fraction of sp³-hybridized carbons (Fsp3) is 0.500. The number of piperidine rings is 1. The molecule has 1 N–H and O–H groups in total. The molecule has 2 aromatic rings. The van der Waals surface area contributed by atoms with Crippen LogP contribution in [0, 0.1) is 0 Å². The quantitative estimate of drug-likeness (QED) is 0.444. The summed E-state index contributed by atoms with van der Waals surface area (Å²) in [4.78, 5) is 43.4. The van der Waals surface area contributed by atoms with Gasteiger partial charge in [-0.15, -0.1) is 0 Å². The third-order valence-corrected chi connectivity index (χ3v) is 7.83. The summed E-state index contributed by atoms with van der Waals surface area (Å²) in [5, 5.41) is 2.34. The van der Waals surface area contributed by atoms with E-state index in [1.807, 2.05) is 30.3 Å². The standard InChI is InChI=1S/C30H38N4O5/c1-2-3-13-32-14-16-33(17-15-32)18-19-38-23-9-7-22(8-10-23)21-39-27-6-4-5-24-25(27)20-34(30(24)37)26-11-12-28(35)31-29(26)36/h4-10,26H,2-3,11-21H2,1H3,(H,31,35,36). The number of hydrogen-bond donors (Lipinski definition) is 1. The summed E-state index contributed by atoms with van der Waals surface area (Å²) in [5.41, 5.74) is 2.32. The van der Waals surface area contributed by atoms with Crippen LogP contribution in [0.5, 0.6) is 11.5 Å². The van der Waals surface area contributed by atoms with Gasteiger partial charge in [0.1, 0.15) is 30.8 Å². The van der Waals surface area contributed by atoms with Crippen LogP contribution in [-0.2, 0) is 22.7 Å². The van der Waals surface area contributed by atoms with E-state index in [1.165, 1.54) is 24.3 Å². The zero-order chi connectivity index (χ0) is 27.2. The van der Waals surface area contributed by atoms with Crippen LogP contribution >= 0.6 is 0 Å². The number of rotatable bonds is 11. The van der Waals surface area contributed by atoms with Gasteiger partial charge >= 0.3 is 0 Å². The lowest BCUT2D eigenvalue weighted by atomic mass is 10.0. The summed E-state index contributed by atoms with van der Waals surface area (Å²) in [7, 11) is 0. The maximum absolute atomic E-state index is 13.0. The van der Waals surface area contributed by atoms with Crippen molar-refractivity contribution in [1.29, 1.82) is 0 Å². The maximum atomic E-state index is 13.0. The Morgan fingerprint density at radius 1 is 0.923 bits per heavy atom. The van der Waals surface area contributed by atoms with E-state index in [-0.39, 0.29) is 24.8 Å². The molecule has 1 atom stereocenters. The highest BCUT2D eigenvalue weighted by Gasteiger charge is 2.40. The minimum absolute atomic E-state index is 0.204. The fourth-order valence-electron chi connectivity index (χ4n) is 5.45. The number of nitrogens with zero attached hydrogens (tertiary/aromatic N) is 3. The van der Waals surface area contributed by atoms with Crippen LogP contribution in [0.3, 0.4) is 0 Å². The van der Waals surface area contributed by atoms with Crippen LogP contribution in [0.2, 0.25) is 0 Å². The lowest BCUT2D eigenvalue weighted by Gasteiger charge is -2.34. The number of unbranched alkanes of at least 4 members (excludes halogenated alkanes) is 1. The van der Waals surface area contributed by atoms with E-state index >= 15 is 0 Å². The van der Waals surface area contributed by atoms with Gasteiger partial charge in [-0.3, -0.25) is 24.6 Å². The number of carbonyl (C=O) groups is 3. The molecule has 0 bridgehead atoms. The molecular formula is C30H38N4O5. The van der Waals surface area contributed by atoms with Gasteiger partial charge < -0.3 is 19.3 Å². The van der Waals surface area contributed by atoms with Gasteiger partial charge in [0, 0.05) is 50.3 Å². The lowest BCUT2D eigenvalue weighted by molar-refractivity contribution is -0.136. The van der Waals surface area contributed by atoms with Crippen molar-refractivity contribution < 1.29 is 23.9 Å². The van der Waals surface area contributed by atoms with Crippen molar-refractivity contribution in [3.8, 4) is 11.5 Å². The summed E-state index contributed by atoms with van der Waals surface area (Å²) in [6.45, 7) is 10.2. The number of fused-ring (bicyclic) bond motifs is 1. The summed E-state index contributed by atoms with van der Waals surface area (Å²) >= 11 is 0. The number of carbonyl (C=O) groups excluding carboxylic acids is 3. The normalized spacial score (nSPS) is 20.2. The van der Waals surface area contributed by atoms with E-state index in [0.717, 1.165) is 49.6 Å². The number of amides is 3. The number of imide groups is 1. The second-order valence-corrected chi connectivity index (χ2v) is 10.5. The first kappa shape index (κ1) is 27.1. The molecule has 3 aliphatic heterocycles. The number of hydrogen-bond acceptors (Lipinski definition) is 7. The number of piperazine rings is 1. The first-order valence-electron chi connectivity index (χ1n) is 14.1.